The Hall–Kier alpha value is -2.28. The molecule has 3 atom stereocenters. The van der Waals surface area contributed by atoms with Gasteiger partial charge in [0.1, 0.15) is 5.75 Å². The summed E-state index contributed by atoms with van der Waals surface area (Å²) in [5.74, 6) is 7.48. The molecule has 0 N–H and O–H groups in total. The molecule has 0 amide bonds. The number of benzene rings is 2. The third-order valence-corrected chi connectivity index (χ3v) is 4.52. The largest absolute Gasteiger partial charge is 0.497 e. The molecule has 3 nitrogen and oxygen atoms in total. The molecule has 3 heteroatoms. The van der Waals surface area contributed by atoms with Gasteiger partial charge in [0.05, 0.1) is 33.0 Å². The first kappa shape index (κ1) is 21.0. The fourth-order valence-electron chi connectivity index (χ4n) is 3.06. The van der Waals surface area contributed by atoms with E-state index in [9.17, 15) is 0 Å². The van der Waals surface area contributed by atoms with Gasteiger partial charge in [0.25, 0.3) is 0 Å². The zero-order valence-corrected chi connectivity index (χ0v) is 16.8. The molecule has 0 aliphatic carbocycles. The highest BCUT2D eigenvalue weighted by molar-refractivity contribution is 5.26. The van der Waals surface area contributed by atoms with Crippen LogP contribution in [0, 0.1) is 23.7 Å². The van der Waals surface area contributed by atoms with Crippen LogP contribution in [0.2, 0.25) is 0 Å². The summed E-state index contributed by atoms with van der Waals surface area (Å²) < 4.78 is 17.4. The van der Waals surface area contributed by atoms with Crippen molar-refractivity contribution in [2.45, 2.75) is 40.1 Å². The van der Waals surface area contributed by atoms with Gasteiger partial charge in [-0.05, 0) is 37.1 Å². The number of hydrogen-bond donors (Lipinski definition) is 0. The summed E-state index contributed by atoms with van der Waals surface area (Å²) in [5, 5.41) is 0. The van der Waals surface area contributed by atoms with Gasteiger partial charge in [-0.15, -0.1) is 5.92 Å². The van der Waals surface area contributed by atoms with Crippen molar-refractivity contribution >= 4 is 0 Å². The summed E-state index contributed by atoms with van der Waals surface area (Å²) in [6.07, 6.45) is 0.00956. The van der Waals surface area contributed by atoms with E-state index in [1.807, 2.05) is 49.4 Å². The van der Waals surface area contributed by atoms with E-state index in [1.165, 1.54) is 5.56 Å². The standard InChI is InChI=1S/C24H30O3/c1-5-9-19(2)24(27-18-22-12-14-23(25-4)15-13-22)20(3)16-26-17-21-10-7-6-8-11-21/h6-8,10-15,19-20,24H,16-18H2,1-4H3/t19-,20-,24-/m1/s1. The Morgan fingerprint density at radius 1 is 0.889 bits per heavy atom. The second-order valence-corrected chi connectivity index (χ2v) is 6.78. The van der Waals surface area contributed by atoms with E-state index in [1.54, 1.807) is 7.11 Å². The fourth-order valence-corrected chi connectivity index (χ4v) is 3.06. The van der Waals surface area contributed by atoms with E-state index in [0.717, 1.165) is 11.3 Å². The van der Waals surface area contributed by atoms with Crippen LogP contribution in [0.1, 0.15) is 31.9 Å². The normalized spacial score (nSPS) is 13.9. The third-order valence-electron chi connectivity index (χ3n) is 4.52. The van der Waals surface area contributed by atoms with Gasteiger partial charge >= 0.3 is 0 Å². The van der Waals surface area contributed by atoms with E-state index in [2.05, 4.69) is 37.8 Å². The molecule has 0 spiro atoms. The molecule has 0 aromatic heterocycles. The van der Waals surface area contributed by atoms with Crippen LogP contribution in [-0.2, 0) is 22.7 Å². The van der Waals surface area contributed by atoms with Crippen LogP contribution in [0.3, 0.4) is 0 Å². The summed E-state index contributed by atoms with van der Waals surface area (Å²) in [5.41, 5.74) is 2.30. The molecule has 0 heterocycles. The summed E-state index contributed by atoms with van der Waals surface area (Å²) >= 11 is 0. The van der Waals surface area contributed by atoms with Gasteiger partial charge in [-0.1, -0.05) is 55.3 Å². The molecule has 0 saturated heterocycles. The van der Waals surface area contributed by atoms with E-state index >= 15 is 0 Å². The topological polar surface area (TPSA) is 27.7 Å². The lowest BCUT2D eigenvalue weighted by Crippen LogP contribution is -2.31. The number of hydrogen-bond acceptors (Lipinski definition) is 3. The molecule has 0 aliphatic rings. The first-order valence-electron chi connectivity index (χ1n) is 9.42. The zero-order chi connectivity index (χ0) is 19.5. The van der Waals surface area contributed by atoms with Crippen molar-refractivity contribution in [1.82, 2.24) is 0 Å². The second kappa shape index (κ2) is 11.4. The molecule has 0 radical (unpaired) electrons. The Labute approximate surface area is 163 Å². The average Bonchev–Trinajstić information content (AvgIpc) is 2.69. The van der Waals surface area contributed by atoms with Gasteiger partial charge in [0.15, 0.2) is 0 Å². The van der Waals surface area contributed by atoms with Crippen molar-refractivity contribution in [2.24, 2.45) is 11.8 Å². The summed E-state index contributed by atoms with van der Waals surface area (Å²) in [6, 6.07) is 18.2. The molecule has 0 fully saturated rings. The van der Waals surface area contributed by atoms with Gasteiger partial charge in [-0.3, -0.25) is 0 Å². The van der Waals surface area contributed by atoms with Crippen LogP contribution in [0.5, 0.6) is 5.75 Å². The van der Waals surface area contributed by atoms with Gasteiger partial charge < -0.3 is 14.2 Å². The van der Waals surface area contributed by atoms with Crippen LogP contribution >= 0.6 is 0 Å². The minimum Gasteiger partial charge on any atom is -0.497 e. The molecule has 0 bridgehead atoms. The number of ether oxygens (including phenoxy) is 3. The molecule has 0 unspecified atom stereocenters. The van der Waals surface area contributed by atoms with Gasteiger partial charge in [0, 0.05) is 11.8 Å². The maximum absolute atomic E-state index is 6.26. The molecular formula is C24H30O3. The fraction of sp³-hybridized carbons (Fsp3) is 0.417. The Kier molecular flexibility index (Phi) is 8.91. The molecule has 27 heavy (non-hydrogen) atoms. The highest BCUT2D eigenvalue weighted by Crippen LogP contribution is 2.21. The van der Waals surface area contributed by atoms with Crippen LogP contribution < -0.4 is 4.74 Å². The van der Waals surface area contributed by atoms with Crippen molar-refractivity contribution in [3.05, 3.63) is 65.7 Å². The van der Waals surface area contributed by atoms with Gasteiger partial charge in [-0.25, -0.2) is 0 Å². The summed E-state index contributed by atoms with van der Waals surface area (Å²) in [7, 11) is 1.67. The number of rotatable bonds is 10. The van der Waals surface area contributed by atoms with Crippen LogP contribution in [-0.4, -0.2) is 19.8 Å². The molecule has 2 aromatic carbocycles. The highest BCUT2D eigenvalue weighted by Gasteiger charge is 2.24. The molecule has 2 rings (SSSR count). The average molecular weight is 367 g/mol. The smallest absolute Gasteiger partial charge is 0.118 e. The lowest BCUT2D eigenvalue weighted by Gasteiger charge is -2.27. The minimum absolute atomic E-state index is 0.00956. The maximum atomic E-state index is 6.26. The van der Waals surface area contributed by atoms with Crippen molar-refractivity contribution in [3.8, 4) is 17.6 Å². The van der Waals surface area contributed by atoms with Crippen molar-refractivity contribution < 1.29 is 14.2 Å². The highest BCUT2D eigenvalue weighted by atomic mass is 16.5. The molecule has 144 valence electrons. The van der Waals surface area contributed by atoms with E-state index in [-0.39, 0.29) is 17.9 Å². The van der Waals surface area contributed by atoms with E-state index < -0.39 is 0 Å². The Morgan fingerprint density at radius 2 is 1.56 bits per heavy atom. The summed E-state index contributed by atoms with van der Waals surface area (Å²) in [4.78, 5) is 0. The SMILES string of the molecule is CC#C[C@@H](C)[C@@H](OCc1ccc(OC)cc1)[C@H](C)COCc1ccccc1. The quantitative estimate of drug-likeness (QED) is 0.548. The van der Waals surface area contributed by atoms with Gasteiger partial charge in [-0.2, -0.15) is 0 Å². The predicted octanol–water partition coefficient (Wildman–Crippen LogP) is 5.09. The maximum Gasteiger partial charge on any atom is 0.118 e. The van der Waals surface area contributed by atoms with Crippen LogP contribution in [0.4, 0.5) is 0 Å². The lowest BCUT2D eigenvalue weighted by atomic mass is 9.94. The monoisotopic (exact) mass is 366 g/mol. The number of methoxy groups -OCH3 is 1. The zero-order valence-electron chi connectivity index (χ0n) is 16.8. The molecular weight excluding hydrogens is 336 g/mol. The molecule has 0 aliphatic heterocycles. The summed E-state index contributed by atoms with van der Waals surface area (Å²) in [6.45, 7) is 7.95. The van der Waals surface area contributed by atoms with E-state index in [4.69, 9.17) is 14.2 Å². The molecule has 0 saturated carbocycles. The van der Waals surface area contributed by atoms with Crippen molar-refractivity contribution in [2.75, 3.05) is 13.7 Å². The molecule has 2 aromatic rings. The van der Waals surface area contributed by atoms with E-state index in [0.29, 0.717) is 19.8 Å². The third kappa shape index (κ3) is 7.09. The first-order chi connectivity index (χ1) is 13.1. The predicted molar refractivity (Wildman–Crippen MR) is 109 cm³/mol. The van der Waals surface area contributed by atoms with Crippen LogP contribution in [0.15, 0.2) is 54.6 Å². The first-order valence-corrected chi connectivity index (χ1v) is 9.42. The Morgan fingerprint density at radius 3 is 2.19 bits per heavy atom. The Balaban J connectivity index is 1.91. The Bertz CT molecular complexity index is 713. The van der Waals surface area contributed by atoms with Crippen LogP contribution in [0.25, 0.3) is 0 Å². The second-order valence-electron chi connectivity index (χ2n) is 6.78. The minimum atomic E-state index is 0.00956. The van der Waals surface area contributed by atoms with Gasteiger partial charge in [0.2, 0.25) is 0 Å². The lowest BCUT2D eigenvalue weighted by molar-refractivity contribution is -0.0437. The van der Waals surface area contributed by atoms with Crippen molar-refractivity contribution in [1.29, 1.82) is 0 Å². The van der Waals surface area contributed by atoms with Crippen molar-refractivity contribution in [3.63, 3.8) is 0 Å².